The second kappa shape index (κ2) is 4.96. The molecule has 1 heterocycles. The summed E-state index contributed by atoms with van der Waals surface area (Å²) in [5, 5.41) is 0. The van der Waals surface area contributed by atoms with Crippen LogP contribution in [-0.4, -0.2) is 28.9 Å². The van der Waals surface area contributed by atoms with Crippen LogP contribution in [-0.2, 0) is 0 Å². The Morgan fingerprint density at radius 1 is 1.62 bits per heavy atom. The SMILES string of the molecule is CCC(C)N(C)C(=O)c1cc(N)cnc1C. The van der Waals surface area contributed by atoms with Crippen molar-refractivity contribution in [2.75, 3.05) is 12.8 Å². The van der Waals surface area contributed by atoms with Crippen molar-refractivity contribution >= 4 is 11.6 Å². The molecule has 0 saturated heterocycles. The van der Waals surface area contributed by atoms with Crippen molar-refractivity contribution in [2.45, 2.75) is 33.2 Å². The maximum Gasteiger partial charge on any atom is 0.255 e. The van der Waals surface area contributed by atoms with E-state index in [9.17, 15) is 4.79 Å². The number of nitrogens with two attached hydrogens (primary N) is 1. The van der Waals surface area contributed by atoms with Crippen LogP contribution in [0.4, 0.5) is 5.69 Å². The van der Waals surface area contributed by atoms with Crippen molar-refractivity contribution in [3.05, 3.63) is 23.5 Å². The summed E-state index contributed by atoms with van der Waals surface area (Å²) in [7, 11) is 1.80. The van der Waals surface area contributed by atoms with Gasteiger partial charge < -0.3 is 10.6 Å². The van der Waals surface area contributed by atoms with Crippen LogP contribution in [0.1, 0.15) is 36.3 Å². The first-order chi connectivity index (χ1) is 7.47. The number of nitrogen functional groups attached to an aromatic ring is 1. The van der Waals surface area contributed by atoms with Gasteiger partial charge in [-0.3, -0.25) is 9.78 Å². The summed E-state index contributed by atoms with van der Waals surface area (Å²) in [5.74, 6) is -0.0216. The molecule has 0 aromatic carbocycles. The molecule has 0 fully saturated rings. The van der Waals surface area contributed by atoms with Gasteiger partial charge in [0.1, 0.15) is 0 Å². The van der Waals surface area contributed by atoms with Gasteiger partial charge in [0.25, 0.3) is 5.91 Å². The summed E-state index contributed by atoms with van der Waals surface area (Å²) in [5.41, 5.74) is 7.46. The molecule has 88 valence electrons. The molecule has 1 unspecified atom stereocenters. The maximum atomic E-state index is 12.1. The van der Waals surface area contributed by atoms with E-state index in [0.717, 1.165) is 6.42 Å². The number of anilines is 1. The summed E-state index contributed by atoms with van der Waals surface area (Å²) in [6.07, 6.45) is 2.49. The van der Waals surface area contributed by atoms with E-state index in [1.165, 1.54) is 0 Å². The number of rotatable bonds is 3. The molecule has 16 heavy (non-hydrogen) atoms. The molecule has 1 amide bonds. The number of carbonyl (C=O) groups is 1. The predicted molar refractivity (Wildman–Crippen MR) is 65.2 cm³/mol. The van der Waals surface area contributed by atoms with Crippen LogP contribution >= 0.6 is 0 Å². The largest absolute Gasteiger partial charge is 0.397 e. The molecule has 1 rings (SSSR count). The van der Waals surface area contributed by atoms with Crippen molar-refractivity contribution in [2.24, 2.45) is 0 Å². The summed E-state index contributed by atoms with van der Waals surface area (Å²) in [4.78, 5) is 18.0. The molecule has 1 aromatic rings. The lowest BCUT2D eigenvalue weighted by Gasteiger charge is -2.24. The number of hydrogen-bond donors (Lipinski definition) is 1. The van der Waals surface area contributed by atoms with Gasteiger partial charge >= 0.3 is 0 Å². The third-order valence-corrected chi connectivity index (χ3v) is 2.91. The van der Waals surface area contributed by atoms with Gasteiger partial charge in [0.05, 0.1) is 23.1 Å². The Labute approximate surface area is 96.5 Å². The lowest BCUT2D eigenvalue weighted by Crippen LogP contribution is -2.35. The fraction of sp³-hybridized carbons (Fsp3) is 0.500. The molecule has 0 bridgehead atoms. The van der Waals surface area contributed by atoms with Crippen LogP contribution in [0.15, 0.2) is 12.3 Å². The summed E-state index contributed by atoms with van der Waals surface area (Å²) in [6.45, 7) is 5.89. The van der Waals surface area contributed by atoms with Gasteiger partial charge in [0.2, 0.25) is 0 Å². The van der Waals surface area contributed by atoms with Crippen LogP contribution in [0.5, 0.6) is 0 Å². The molecule has 1 atom stereocenters. The van der Waals surface area contributed by atoms with Crippen molar-refractivity contribution in [1.29, 1.82) is 0 Å². The zero-order chi connectivity index (χ0) is 12.3. The van der Waals surface area contributed by atoms with E-state index in [-0.39, 0.29) is 11.9 Å². The van der Waals surface area contributed by atoms with Crippen molar-refractivity contribution in [3.8, 4) is 0 Å². The number of aromatic nitrogens is 1. The molecule has 0 radical (unpaired) electrons. The van der Waals surface area contributed by atoms with Gasteiger partial charge in [-0.25, -0.2) is 0 Å². The number of pyridine rings is 1. The number of carbonyl (C=O) groups excluding carboxylic acids is 1. The lowest BCUT2D eigenvalue weighted by molar-refractivity contribution is 0.0739. The Hall–Kier alpha value is -1.58. The first-order valence-corrected chi connectivity index (χ1v) is 5.46. The van der Waals surface area contributed by atoms with Gasteiger partial charge in [0.15, 0.2) is 0 Å². The standard InChI is InChI=1S/C12H19N3O/c1-5-8(2)15(4)12(16)11-6-10(13)7-14-9(11)3/h6-8H,5,13H2,1-4H3. The van der Waals surface area contributed by atoms with E-state index < -0.39 is 0 Å². The Morgan fingerprint density at radius 3 is 2.81 bits per heavy atom. The van der Waals surface area contributed by atoms with Gasteiger partial charge in [0, 0.05) is 13.1 Å². The molecule has 2 N–H and O–H groups in total. The predicted octanol–water partition coefficient (Wildman–Crippen LogP) is 1.84. The van der Waals surface area contributed by atoms with E-state index in [1.807, 2.05) is 13.8 Å². The normalized spacial score (nSPS) is 12.2. The molecule has 0 saturated carbocycles. The van der Waals surface area contributed by atoms with Crippen molar-refractivity contribution < 1.29 is 4.79 Å². The van der Waals surface area contributed by atoms with Crippen LogP contribution in [0.25, 0.3) is 0 Å². The Balaban J connectivity index is 3.00. The smallest absolute Gasteiger partial charge is 0.255 e. The topological polar surface area (TPSA) is 59.2 Å². The highest BCUT2D eigenvalue weighted by Crippen LogP contribution is 2.14. The number of amides is 1. The fourth-order valence-corrected chi connectivity index (χ4v) is 1.43. The Bertz CT molecular complexity index is 390. The third kappa shape index (κ3) is 2.51. The summed E-state index contributed by atoms with van der Waals surface area (Å²) < 4.78 is 0. The monoisotopic (exact) mass is 221 g/mol. The highest BCUT2D eigenvalue weighted by atomic mass is 16.2. The van der Waals surface area contributed by atoms with Crippen LogP contribution in [0.2, 0.25) is 0 Å². The molecule has 0 spiro atoms. The van der Waals surface area contributed by atoms with Crippen LogP contribution < -0.4 is 5.73 Å². The van der Waals surface area contributed by atoms with Crippen LogP contribution in [0.3, 0.4) is 0 Å². The Kier molecular flexibility index (Phi) is 3.88. The van der Waals surface area contributed by atoms with E-state index >= 15 is 0 Å². The summed E-state index contributed by atoms with van der Waals surface area (Å²) >= 11 is 0. The van der Waals surface area contributed by atoms with Crippen LogP contribution in [0, 0.1) is 6.92 Å². The molecule has 4 nitrogen and oxygen atoms in total. The van der Waals surface area contributed by atoms with E-state index in [2.05, 4.69) is 11.9 Å². The average Bonchev–Trinajstić information content (AvgIpc) is 2.29. The molecule has 0 aliphatic carbocycles. The highest BCUT2D eigenvalue weighted by Gasteiger charge is 2.18. The molecular weight excluding hydrogens is 202 g/mol. The number of hydrogen-bond acceptors (Lipinski definition) is 3. The van der Waals surface area contributed by atoms with Crippen molar-refractivity contribution in [3.63, 3.8) is 0 Å². The lowest BCUT2D eigenvalue weighted by atomic mass is 10.1. The first kappa shape index (κ1) is 12.5. The van der Waals surface area contributed by atoms with Gasteiger partial charge in [-0.2, -0.15) is 0 Å². The van der Waals surface area contributed by atoms with E-state index in [4.69, 9.17) is 5.73 Å². The highest BCUT2D eigenvalue weighted by molar-refractivity contribution is 5.96. The second-order valence-corrected chi connectivity index (χ2v) is 4.07. The van der Waals surface area contributed by atoms with Crippen molar-refractivity contribution in [1.82, 2.24) is 9.88 Å². The number of aryl methyl sites for hydroxylation is 1. The van der Waals surface area contributed by atoms with E-state index in [1.54, 1.807) is 24.2 Å². The summed E-state index contributed by atoms with van der Waals surface area (Å²) in [6, 6.07) is 1.90. The molecule has 0 aliphatic rings. The molecule has 4 heteroatoms. The van der Waals surface area contributed by atoms with E-state index in [0.29, 0.717) is 16.9 Å². The fourth-order valence-electron chi connectivity index (χ4n) is 1.43. The quantitative estimate of drug-likeness (QED) is 0.847. The minimum atomic E-state index is -0.0216. The maximum absolute atomic E-state index is 12.1. The first-order valence-electron chi connectivity index (χ1n) is 5.46. The zero-order valence-electron chi connectivity index (χ0n) is 10.3. The number of nitrogens with zero attached hydrogens (tertiary/aromatic N) is 2. The Morgan fingerprint density at radius 2 is 2.25 bits per heavy atom. The minimum absolute atomic E-state index is 0.0216. The zero-order valence-corrected chi connectivity index (χ0v) is 10.3. The van der Waals surface area contributed by atoms with Gasteiger partial charge in [-0.1, -0.05) is 6.92 Å². The molecular formula is C12H19N3O. The second-order valence-electron chi connectivity index (χ2n) is 4.07. The molecule has 0 aliphatic heterocycles. The minimum Gasteiger partial charge on any atom is -0.397 e. The van der Waals surface area contributed by atoms with Gasteiger partial charge in [-0.15, -0.1) is 0 Å². The third-order valence-electron chi connectivity index (χ3n) is 2.91. The van der Waals surface area contributed by atoms with Gasteiger partial charge in [-0.05, 0) is 26.3 Å². The molecule has 1 aromatic heterocycles. The average molecular weight is 221 g/mol.